The summed E-state index contributed by atoms with van der Waals surface area (Å²) >= 11 is 0. The maximum absolute atomic E-state index is 4.52. The molecular formula is C18H21N7. The molecule has 4 heterocycles. The van der Waals surface area contributed by atoms with Gasteiger partial charge in [0.1, 0.15) is 5.82 Å². The van der Waals surface area contributed by atoms with Crippen molar-refractivity contribution in [3.63, 3.8) is 0 Å². The lowest BCUT2D eigenvalue weighted by Gasteiger charge is -2.45. The molecule has 5 rings (SSSR count). The molecule has 128 valence electrons. The third kappa shape index (κ3) is 2.50. The number of fused-ring (bicyclic) bond motifs is 1. The van der Waals surface area contributed by atoms with Crippen LogP contribution < -0.4 is 9.80 Å². The minimum atomic E-state index is 0.430. The molecule has 0 radical (unpaired) electrons. The van der Waals surface area contributed by atoms with Crippen LogP contribution in [0.25, 0.3) is 5.65 Å². The lowest BCUT2D eigenvalue weighted by Crippen LogP contribution is -2.59. The van der Waals surface area contributed by atoms with Crippen LogP contribution in [0.2, 0.25) is 0 Å². The van der Waals surface area contributed by atoms with Crippen molar-refractivity contribution in [2.24, 2.45) is 0 Å². The lowest BCUT2D eigenvalue weighted by atomic mass is 10.1. The van der Waals surface area contributed by atoms with E-state index in [-0.39, 0.29) is 0 Å². The molecule has 1 saturated heterocycles. The van der Waals surface area contributed by atoms with E-state index < -0.39 is 0 Å². The van der Waals surface area contributed by atoms with Crippen LogP contribution in [0.5, 0.6) is 0 Å². The molecule has 3 aromatic heterocycles. The summed E-state index contributed by atoms with van der Waals surface area (Å²) in [6, 6.07) is 8.70. The largest absolute Gasteiger partial charge is 0.353 e. The molecule has 0 bridgehead atoms. The minimum Gasteiger partial charge on any atom is -0.353 e. The number of nitrogens with zero attached hydrogens (tertiary/aromatic N) is 7. The molecule has 0 aromatic carbocycles. The Morgan fingerprint density at radius 3 is 2.68 bits per heavy atom. The van der Waals surface area contributed by atoms with E-state index in [1.54, 1.807) is 6.20 Å². The van der Waals surface area contributed by atoms with Gasteiger partial charge in [-0.25, -0.2) is 4.98 Å². The third-order valence-corrected chi connectivity index (χ3v) is 5.23. The summed E-state index contributed by atoms with van der Waals surface area (Å²) in [7, 11) is 2.12. The van der Waals surface area contributed by atoms with Crippen molar-refractivity contribution < 1.29 is 0 Å². The highest BCUT2D eigenvalue weighted by atomic mass is 15.4. The van der Waals surface area contributed by atoms with Crippen LogP contribution in [0.4, 0.5) is 11.6 Å². The van der Waals surface area contributed by atoms with Crippen molar-refractivity contribution >= 4 is 17.3 Å². The van der Waals surface area contributed by atoms with E-state index in [0.29, 0.717) is 12.0 Å². The number of aromatic nitrogens is 5. The van der Waals surface area contributed by atoms with Crippen molar-refractivity contribution in [1.82, 2.24) is 24.8 Å². The van der Waals surface area contributed by atoms with Gasteiger partial charge in [0.2, 0.25) is 0 Å². The number of aryl methyl sites for hydroxylation is 1. The van der Waals surface area contributed by atoms with Gasteiger partial charge >= 0.3 is 0 Å². The van der Waals surface area contributed by atoms with Crippen molar-refractivity contribution in [3.05, 3.63) is 41.9 Å². The zero-order valence-corrected chi connectivity index (χ0v) is 14.5. The number of rotatable bonds is 4. The number of hydrogen-bond donors (Lipinski definition) is 0. The summed E-state index contributed by atoms with van der Waals surface area (Å²) in [6.45, 7) is 3.91. The number of anilines is 2. The number of hydrogen-bond acceptors (Lipinski definition) is 6. The second-order valence-corrected chi connectivity index (χ2v) is 7.12. The van der Waals surface area contributed by atoms with E-state index in [2.05, 4.69) is 55.3 Å². The van der Waals surface area contributed by atoms with Crippen LogP contribution >= 0.6 is 0 Å². The van der Waals surface area contributed by atoms with Gasteiger partial charge in [0.05, 0.1) is 17.9 Å². The molecule has 1 aliphatic carbocycles. The highest BCUT2D eigenvalue weighted by Gasteiger charge is 2.33. The van der Waals surface area contributed by atoms with Gasteiger partial charge in [-0.2, -0.15) is 14.7 Å². The molecule has 2 fully saturated rings. The van der Waals surface area contributed by atoms with E-state index in [0.717, 1.165) is 41.8 Å². The molecule has 1 aliphatic heterocycles. The van der Waals surface area contributed by atoms with Crippen molar-refractivity contribution in [2.45, 2.75) is 31.7 Å². The molecule has 0 spiro atoms. The second-order valence-electron chi connectivity index (χ2n) is 7.12. The Hall–Kier alpha value is -2.70. The summed E-state index contributed by atoms with van der Waals surface area (Å²) < 4.78 is 1.90. The molecule has 0 N–H and O–H groups in total. The fourth-order valence-electron chi connectivity index (χ4n) is 3.45. The van der Waals surface area contributed by atoms with E-state index in [1.807, 2.05) is 17.5 Å². The van der Waals surface area contributed by atoms with Crippen molar-refractivity contribution in [1.29, 1.82) is 0 Å². The average molecular weight is 335 g/mol. The van der Waals surface area contributed by atoms with Crippen LogP contribution in [0.1, 0.15) is 30.1 Å². The molecule has 0 unspecified atom stereocenters. The lowest BCUT2D eigenvalue weighted by molar-refractivity contribution is 0.485. The summed E-state index contributed by atoms with van der Waals surface area (Å²) in [5, 5.41) is 13.2. The van der Waals surface area contributed by atoms with Crippen LogP contribution in [0.15, 0.2) is 30.5 Å². The van der Waals surface area contributed by atoms with Gasteiger partial charge < -0.3 is 9.80 Å². The molecule has 7 nitrogen and oxygen atoms in total. The second kappa shape index (κ2) is 5.40. The fourth-order valence-corrected chi connectivity index (χ4v) is 3.45. The highest BCUT2D eigenvalue weighted by Crippen LogP contribution is 2.39. The first-order valence-electron chi connectivity index (χ1n) is 8.82. The van der Waals surface area contributed by atoms with Crippen LogP contribution in [0, 0.1) is 6.92 Å². The predicted molar refractivity (Wildman–Crippen MR) is 96.1 cm³/mol. The molecule has 25 heavy (non-hydrogen) atoms. The zero-order valence-electron chi connectivity index (χ0n) is 14.5. The van der Waals surface area contributed by atoms with Crippen molar-refractivity contribution in [2.75, 3.05) is 29.9 Å². The molecular weight excluding hydrogens is 314 g/mol. The zero-order chi connectivity index (χ0) is 17.0. The highest BCUT2D eigenvalue weighted by molar-refractivity contribution is 5.53. The Morgan fingerprint density at radius 2 is 1.96 bits per heavy atom. The van der Waals surface area contributed by atoms with Crippen LogP contribution in [-0.4, -0.2) is 51.0 Å². The standard InChI is InChI=1S/C18H21N7/c1-12-9-18(25-16(20-12)7-8-19-25)23(2)14-10-24(11-14)17-6-5-15(21-22-17)13-3-4-13/h5-9,13-14H,3-4,10-11H2,1-2H3. The Morgan fingerprint density at radius 1 is 1.12 bits per heavy atom. The smallest absolute Gasteiger partial charge is 0.157 e. The Kier molecular flexibility index (Phi) is 3.16. The van der Waals surface area contributed by atoms with E-state index in [1.165, 1.54) is 12.8 Å². The topological polar surface area (TPSA) is 62.5 Å². The van der Waals surface area contributed by atoms with Gasteiger partial charge in [-0.1, -0.05) is 0 Å². The maximum Gasteiger partial charge on any atom is 0.157 e. The summed E-state index contributed by atoms with van der Waals surface area (Å²) in [5.74, 6) is 2.71. The molecule has 7 heteroatoms. The normalized spacial score (nSPS) is 17.8. The quantitative estimate of drug-likeness (QED) is 0.727. The SMILES string of the molecule is Cc1cc(N(C)C2CN(c3ccc(C4CC4)nn3)C2)n2nccc2n1. The van der Waals surface area contributed by atoms with Gasteiger partial charge in [-0.05, 0) is 31.9 Å². The van der Waals surface area contributed by atoms with Gasteiger partial charge in [-0.3, -0.25) is 0 Å². The maximum atomic E-state index is 4.52. The monoisotopic (exact) mass is 335 g/mol. The Balaban J connectivity index is 1.31. The molecule has 0 atom stereocenters. The molecule has 1 saturated carbocycles. The Labute approximate surface area is 146 Å². The first kappa shape index (κ1) is 14.6. The van der Waals surface area contributed by atoms with E-state index in [4.69, 9.17) is 0 Å². The third-order valence-electron chi connectivity index (χ3n) is 5.23. The van der Waals surface area contributed by atoms with Crippen molar-refractivity contribution in [3.8, 4) is 0 Å². The molecule has 2 aliphatic rings. The van der Waals surface area contributed by atoms with E-state index in [9.17, 15) is 0 Å². The van der Waals surface area contributed by atoms with Gasteiger partial charge in [0.25, 0.3) is 0 Å². The summed E-state index contributed by atoms with van der Waals surface area (Å²) in [6.07, 6.45) is 4.32. The van der Waals surface area contributed by atoms with Crippen LogP contribution in [-0.2, 0) is 0 Å². The average Bonchev–Trinajstić information content (AvgIpc) is 3.31. The fraction of sp³-hybridized carbons (Fsp3) is 0.444. The molecule has 0 amide bonds. The summed E-state index contributed by atoms with van der Waals surface area (Å²) in [5.41, 5.74) is 3.04. The predicted octanol–water partition coefficient (Wildman–Crippen LogP) is 2.03. The first-order valence-corrected chi connectivity index (χ1v) is 8.82. The minimum absolute atomic E-state index is 0.430. The first-order chi connectivity index (χ1) is 12.2. The summed E-state index contributed by atoms with van der Waals surface area (Å²) in [4.78, 5) is 9.08. The number of likely N-dealkylation sites (N-methyl/N-ethyl adjacent to an activating group) is 1. The van der Waals surface area contributed by atoms with E-state index >= 15 is 0 Å². The van der Waals surface area contributed by atoms with Gasteiger partial charge in [0, 0.05) is 43.9 Å². The van der Waals surface area contributed by atoms with Gasteiger partial charge in [-0.15, -0.1) is 5.10 Å². The van der Waals surface area contributed by atoms with Gasteiger partial charge in [0.15, 0.2) is 11.5 Å². The molecule has 3 aromatic rings. The Bertz CT molecular complexity index is 907. The van der Waals surface area contributed by atoms with Crippen LogP contribution in [0.3, 0.4) is 0 Å².